The van der Waals surface area contributed by atoms with Crippen molar-refractivity contribution in [1.82, 2.24) is 16.2 Å². The average molecular weight is 395 g/mol. The number of hydrogen-bond acceptors (Lipinski definition) is 4. The summed E-state index contributed by atoms with van der Waals surface area (Å²) in [6.45, 7) is 12.6. The van der Waals surface area contributed by atoms with Gasteiger partial charge in [0.05, 0.1) is 0 Å². The smallest absolute Gasteiger partial charge is 0.0377 e. The monoisotopic (exact) mass is 394 g/mol. The van der Waals surface area contributed by atoms with Crippen LogP contribution in [0.5, 0.6) is 0 Å². The van der Waals surface area contributed by atoms with Crippen molar-refractivity contribution in [3.63, 3.8) is 0 Å². The molecule has 3 rings (SSSR count). The van der Waals surface area contributed by atoms with E-state index in [1.54, 1.807) is 0 Å². The first kappa shape index (κ1) is 18.2. The van der Waals surface area contributed by atoms with Gasteiger partial charge in [0.1, 0.15) is 0 Å². The zero-order valence-electron chi connectivity index (χ0n) is 15.1. The van der Waals surface area contributed by atoms with E-state index >= 15 is 0 Å². The summed E-state index contributed by atoms with van der Waals surface area (Å²) in [4.78, 5) is 2.51. The first-order valence-corrected chi connectivity index (χ1v) is 9.92. The molecule has 0 aliphatic carbocycles. The van der Waals surface area contributed by atoms with Crippen LogP contribution in [0.4, 0.5) is 5.69 Å². The summed E-state index contributed by atoms with van der Waals surface area (Å²) in [7, 11) is 0. The molecular weight excluding hydrogens is 364 g/mol. The van der Waals surface area contributed by atoms with Gasteiger partial charge in [-0.1, -0.05) is 42.8 Å². The minimum Gasteiger partial charge on any atom is -0.371 e. The maximum atomic E-state index is 3.74. The van der Waals surface area contributed by atoms with Gasteiger partial charge in [-0.05, 0) is 42.5 Å². The quantitative estimate of drug-likeness (QED) is 0.717. The molecular formula is C19H31BrN4. The Morgan fingerprint density at radius 3 is 2.88 bits per heavy atom. The summed E-state index contributed by atoms with van der Waals surface area (Å²) >= 11 is 3.57. The fourth-order valence-corrected chi connectivity index (χ4v) is 4.42. The van der Waals surface area contributed by atoms with Crippen LogP contribution in [0, 0.1) is 17.3 Å². The second-order valence-electron chi connectivity index (χ2n) is 8.37. The third-order valence-corrected chi connectivity index (χ3v) is 5.82. The summed E-state index contributed by atoms with van der Waals surface area (Å²) in [5.41, 5.74) is 8.42. The number of hydrogen-bond donors (Lipinski definition) is 3. The molecule has 0 aromatic heterocycles. The van der Waals surface area contributed by atoms with Crippen molar-refractivity contribution >= 4 is 21.6 Å². The van der Waals surface area contributed by atoms with E-state index in [1.165, 1.54) is 18.7 Å². The number of hydrazine groups is 1. The van der Waals surface area contributed by atoms with Gasteiger partial charge in [0.25, 0.3) is 0 Å². The van der Waals surface area contributed by atoms with Gasteiger partial charge in [0, 0.05) is 48.3 Å². The molecule has 2 fully saturated rings. The van der Waals surface area contributed by atoms with Crippen LogP contribution >= 0.6 is 15.9 Å². The van der Waals surface area contributed by atoms with Gasteiger partial charge in [-0.15, -0.1) is 0 Å². The largest absolute Gasteiger partial charge is 0.371 e. The maximum absolute atomic E-state index is 3.74. The summed E-state index contributed by atoms with van der Waals surface area (Å²) in [6.07, 6.45) is 1.28. The first-order valence-electron chi connectivity index (χ1n) is 9.13. The van der Waals surface area contributed by atoms with Crippen molar-refractivity contribution in [3.05, 3.63) is 28.7 Å². The Labute approximate surface area is 154 Å². The second kappa shape index (κ2) is 7.73. The highest BCUT2D eigenvalue weighted by molar-refractivity contribution is 9.10. The lowest BCUT2D eigenvalue weighted by molar-refractivity contribution is 0.234. The Hall–Kier alpha value is -0.620. The lowest BCUT2D eigenvalue weighted by Crippen LogP contribution is -2.44. The number of benzene rings is 1. The van der Waals surface area contributed by atoms with Crippen molar-refractivity contribution in [2.45, 2.75) is 33.2 Å². The van der Waals surface area contributed by atoms with E-state index in [-0.39, 0.29) is 0 Å². The molecule has 4 nitrogen and oxygen atoms in total. The lowest BCUT2D eigenvalue weighted by Gasteiger charge is -2.31. The normalized spacial score (nSPS) is 27.8. The van der Waals surface area contributed by atoms with Crippen LogP contribution in [-0.2, 0) is 0 Å². The number of nitrogens with zero attached hydrogens (tertiary/aromatic N) is 1. The molecule has 0 spiro atoms. The van der Waals surface area contributed by atoms with Crippen LogP contribution < -0.4 is 21.1 Å². The predicted octanol–water partition coefficient (Wildman–Crippen LogP) is 3.00. The zero-order chi connectivity index (χ0) is 17.2. The van der Waals surface area contributed by atoms with E-state index in [0.29, 0.717) is 17.4 Å². The summed E-state index contributed by atoms with van der Waals surface area (Å²) < 4.78 is 1.16. The number of anilines is 1. The van der Waals surface area contributed by atoms with Gasteiger partial charge >= 0.3 is 0 Å². The molecule has 0 saturated carbocycles. The molecule has 0 radical (unpaired) electrons. The molecule has 2 aliphatic heterocycles. The van der Waals surface area contributed by atoms with Crippen LogP contribution in [0.3, 0.4) is 0 Å². The van der Waals surface area contributed by atoms with E-state index in [1.807, 2.05) is 0 Å². The molecule has 3 unspecified atom stereocenters. The highest BCUT2D eigenvalue weighted by atomic mass is 79.9. The van der Waals surface area contributed by atoms with Gasteiger partial charge in [-0.2, -0.15) is 0 Å². The molecule has 134 valence electrons. The Morgan fingerprint density at radius 1 is 1.29 bits per heavy atom. The number of nitrogens with one attached hydrogen (secondary N) is 3. The SMILES string of the molecule is CC(C)(C)C1NNCC1CNCC1CCN(c2cccc(Br)c2)C1. The highest BCUT2D eigenvalue weighted by Crippen LogP contribution is 2.28. The van der Waals surface area contributed by atoms with E-state index in [9.17, 15) is 0 Å². The molecule has 1 aromatic rings. The van der Waals surface area contributed by atoms with Gasteiger partial charge in [0.15, 0.2) is 0 Å². The van der Waals surface area contributed by atoms with Gasteiger partial charge in [0.2, 0.25) is 0 Å². The van der Waals surface area contributed by atoms with Gasteiger partial charge < -0.3 is 10.2 Å². The average Bonchev–Trinajstić information content (AvgIpc) is 3.16. The van der Waals surface area contributed by atoms with Crippen molar-refractivity contribution in [2.24, 2.45) is 17.3 Å². The lowest BCUT2D eigenvalue weighted by atomic mass is 9.80. The Kier molecular flexibility index (Phi) is 5.85. The highest BCUT2D eigenvalue weighted by Gasteiger charge is 2.35. The van der Waals surface area contributed by atoms with Crippen molar-refractivity contribution in [3.8, 4) is 0 Å². The fourth-order valence-electron chi connectivity index (χ4n) is 4.03. The van der Waals surface area contributed by atoms with Crippen molar-refractivity contribution < 1.29 is 0 Å². The molecule has 2 saturated heterocycles. The molecule has 3 atom stereocenters. The van der Waals surface area contributed by atoms with E-state index in [2.05, 4.69) is 82.0 Å². The van der Waals surface area contributed by atoms with Crippen LogP contribution in [-0.4, -0.2) is 38.8 Å². The van der Waals surface area contributed by atoms with Crippen LogP contribution in [0.15, 0.2) is 28.7 Å². The van der Waals surface area contributed by atoms with Crippen molar-refractivity contribution in [2.75, 3.05) is 37.6 Å². The maximum Gasteiger partial charge on any atom is 0.0377 e. The van der Waals surface area contributed by atoms with Crippen LogP contribution in [0.2, 0.25) is 0 Å². The molecule has 2 heterocycles. The van der Waals surface area contributed by atoms with E-state index in [0.717, 1.165) is 36.6 Å². The minimum atomic E-state index is 0.292. The standard InChI is InChI=1S/C19H31BrN4/c1-19(2,3)18-15(12-22-23-18)11-21-10-14-7-8-24(13-14)17-6-4-5-16(20)9-17/h4-6,9,14-15,18,21-23H,7-8,10-13H2,1-3H3. The number of halogens is 1. The first-order chi connectivity index (χ1) is 11.4. The molecule has 1 aromatic carbocycles. The minimum absolute atomic E-state index is 0.292. The Balaban J connectivity index is 1.43. The molecule has 0 amide bonds. The third-order valence-electron chi connectivity index (χ3n) is 5.32. The molecule has 0 bridgehead atoms. The fraction of sp³-hybridized carbons (Fsp3) is 0.684. The Bertz CT molecular complexity index is 542. The summed E-state index contributed by atoms with van der Waals surface area (Å²) in [5.74, 6) is 1.41. The zero-order valence-corrected chi connectivity index (χ0v) is 16.7. The topological polar surface area (TPSA) is 39.3 Å². The van der Waals surface area contributed by atoms with Crippen molar-refractivity contribution in [1.29, 1.82) is 0 Å². The van der Waals surface area contributed by atoms with E-state index < -0.39 is 0 Å². The van der Waals surface area contributed by atoms with E-state index in [4.69, 9.17) is 0 Å². The third kappa shape index (κ3) is 4.51. The molecule has 3 N–H and O–H groups in total. The second-order valence-corrected chi connectivity index (χ2v) is 9.28. The molecule has 24 heavy (non-hydrogen) atoms. The predicted molar refractivity (Wildman–Crippen MR) is 105 cm³/mol. The molecule has 5 heteroatoms. The Morgan fingerprint density at radius 2 is 2.12 bits per heavy atom. The van der Waals surface area contributed by atoms with Gasteiger partial charge in [-0.25, -0.2) is 0 Å². The summed E-state index contributed by atoms with van der Waals surface area (Å²) in [5, 5.41) is 3.74. The molecule has 2 aliphatic rings. The number of rotatable bonds is 5. The summed E-state index contributed by atoms with van der Waals surface area (Å²) in [6, 6.07) is 9.18. The van der Waals surface area contributed by atoms with Crippen LogP contribution in [0.1, 0.15) is 27.2 Å². The van der Waals surface area contributed by atoms with Gasteiger partial charge in [-0.3, -0.25) is 10.9 Å². The van der Waals surface area contributed by atoms with Crippen LogP contribution in [0.25, 0.3) is 0 Å².